The topological polar surface area (TPSA) is 65.2 Å². The molecule has 9 heteroatoms. The average molecular weight is 309 g/mol. The highest BCUT2D eigenvalue weighted by Gasteiger charge is 2.38. The zero-order valence-electron chi connectivity index (χ0n) is 11.6. The Morgan fingerprint density at radius 1 is 1.14 bits per heavy atom. The van der Waals surface area contributed by atoms with Crippen LogP contribution in [0.3, 0.4) is 0 Å². The van der Waals surface area contributed by atoms with Crippen LogP contribution in [0.15, 0.2) is 24.5 Å². The maximum absolute atomic E-state index is 12.9. The van der Waals surface area contributed by atoms with Gasteiger partial charge in [0.25, 0.3) is 5.82 Å². The fraction of sp³-hybridized carbons (Fsp3) is 0.231. The van der Waals surface area contributed by atoms with E-state index in [-0.39, 0.29) is 11.5 Å². The third kappa shape index (κ3) is 2.34. The summed E-state index contributed by atoms with van der Waals surface area (Å²) < 4.78 is 44.9. The second-order valence-electron chi connectivity index (χ2n) is 4.60. The van der Waals surface area contributed by atoms with Crippen molar-refractivity contribution in [2.75, 3.05) is 0 Å². The molecule has 0 atom stereocenters. The Morgan fingerprint density at radius 2 is 1.91 bits per heavy atom. The molecule has 0 aliphatic rings. The van der Waals surface area contributed by atoms with Crippen LogP contribution in [0.5, 0.6) is 11.6 Å². The van der Waals surface area contributed by atoms with Gasteiger partial charge >= 0.3 is 6.18 Å². The third-order valence-corrected chi connectivity index (χ3v) is 3.15. The second kappa shape index (κ2) is 4.93. The number of hydrogen-bond acceptors (Lipinski definition) is 5. The normalized spacial score (nSPS) is 11.9. The summed E-state index contributed by atoms with van der Waals surface area (Å²) in [5.74, 6) is -0.775. The fourth-order valence-corrected chi connectivity index (χ4v) is 1.90. The van der Waals surface area contributed by atoms with Crippen LogP contribution in [-0.4, -0.2) is 24.8 Å². The van der Waals surface area contributed by atoms with Crippen LogP contribution >= 0.6 is 0 Å². The SMILES string of the molecule is Cc1c(Oc2cccnc2)nn2c(C(F)(F)F)nnc2c1C. The second-order valence-corrected chi connectivity index (χ2v) is 4.60. The quantitative estimate of drug-likeness (QED) is 0.728. The molecule has 0 saturated carbocycles. The van der Waals surface area contributed by atoms with Crippen LogP contribution < -0.4 is 4.74 Å². The number of hydrogen-bond donors (Lipinski definition) is 0. The Morgan fingerprint density at radius 3 is 2.55 bits per heavy atom. The van der Waals surface area contributed by atoms with Gasteiger partial charge < -0.3 is 4.74 Å². The van der Waals surface area contributed by atoms with Crippen LogP contribution in [0.4, 0.5) is 13.2 Å². The molecule has 0 aromatic carbocycles. The minimum atomic E-state index is -4.65. The Labute approximate surface area is 122 Å². The summed E-state index contributed by atoms with van der Waals surface area (Å²) in [5, 5.41) is 10.6. The van der Waals surface area contributed by atoms with Crippen molar-refractivity contribution in [2.24, 2.45) is 0 Å². The van der Waals surface area contributed by atoms with E-state index in [2.05, 4.69) is 20.3 Å². The molecule has 3 aromatic heterocycles. The van der Waals surface area contributed by atoms with Crippen LogP contribution in [0, 0.1) is 13.8 Å². The number of fused-ring (bicyclic) bond motifs is 1. The van der Waals surface area contributed by atoms with Gasteiger partial charge in [0.2, 0.25) is 5.88 Å². The molecule has 0 aliphatic carbocycles. The predicted molar refractivity (Wildman–Crippen MR) is 69.6 cm³/mol. The van der Waals surface area contributed by atoms with Crippen molar-refractivity contribution in [3.05, 3.63) is 41.5 Å². The lowest BCUT2D eigenvalue weighted by Gasteiger charge is -2.11. The summed E-state index contributed by atoms with van der Waals surface area (Å²) in [5.41, 5.74) is 1.14. The molecule has 0 unspecified atom stereocenters. The van der Waals surface area contributed by atoms with Crippen LogP contribution in [0.1, 0.15) is 17.0 Å². The molecule has 0 N–H and O–H groups in total. The molecule has 114 valence electrons. The Kier molecular flexibility index (Phi) is 3.19. The summed E-state index contributed by atoms with van der Waals surface area (Å²) in [7, 11) is 0. The molecule has 6 nitrogen and oxygen atoms in total. The molecule has 22 heavy (non-hydrogen) atoms. The number of ether oxygens (including phenoxy) is 1. The molecule has 0 amide bonds. The number of rotatable bonds is 2. The van der Waals surface area contributed by atoms with E-state index >= 15 is 0 Å². The molecule has 0 bridgehead atoms. The maximum atomic E-state index is 12.9. The van der Waals surface area contributed by atoms with E-state index in [0.29, 0.717) is 21.4 Å². The van der Waals surface area contributed by atoms with E-state index in [1.807, 2.05) is 0 Å². The van der Waals surface area contributed by atoms with Gasteiger partial charge in [-0.15, -0.1) is 15.3 Å². The molecular weight excluding hydrogens is 299 g/mol. The number of nitrogens with zero attached hydrogens (tertiary/aromatic N) is 5. The Balaban J connectivity index is 2.16. The fourth-order valence-electron chi connectivity index (χ4n) is 1.90. The minimum Gasteiger partial charge on any atom is -0.436 e. The third-order valence-electron chi connectivity index (χ3n) is 3.15. The Bertz CT molecular complexity index is 829. The van der Waals surface area contributed by atoms with Gasteiger partial charge in [-0.2, -0.15) is 17.7 Å². The van der Waals surface area contributed by atoms with E-state index in [1.165, 1.54) is 6.20 Å². The Hall–Kier alpha value is -2.71. The van der Waals surface area contributed by atoms with E-state index in [0.717, 1.165) is 0 Å². The highest BCUT2D eigenvalue weighted by Crippen LogP contribution is 2.31. The zero-order chi connectivity index (χ0) is 15.9. The number of pyridine rings is 1. The smallest absolute Gasteiger partial charge is 0.436 e. The van der Waals surface area contributed by atoms with Crippen molar-refractivity contribution in [3.8, 4) is 11.6 Å². The van der Waals surface area contributed by atoms with Crippen LogP contribution in [0.2, 0.25) is 0 Å². The van der Waals surface area contributed by atoms with E-state index < -0.39 is 12.0 Å². The van der Waals surface area contributed by atoms with Crippen molar-refractivity contribution in [3.63, 3.8) is 0 Å². The maximum Gasteiger partial charge on any atom is 0.453 e. The summed E-state index contributed by atoms with van der Waals surface area (Å²) in [6.45, 7) is 3.33. The van der Waals surface area contributed by atoms with Crippen LogP contribution in [-0.2, 0) is 6.18 Å². The molecule has 0 aliphatic heterocycles. The predicted octanol–water partition coefficient (Wildman–Crippen LogP) is 2.95. The summed E-state index contributed by atoms with van der Waals surface area (Å²) in [4.78, 5) is 3.88. The molecule has 3 rings (SSSR count). The molecule has 0 radical (unpaired) electrons. The van der Waals surface area contributed by atoms with Gasteiger partial charge in [-0.25, -0.2) is 0 Å². The summed E-state index contributed by atoms with van der Waals surface area (Å²) in [6.07, 6.45) is -1.65. The summed E-state index contributed by atoms with van der Waals surface area (Å²) >= 11 is 0. The van der Waals surface area contributed by atoms with Crippen molar-refractivity contribution in [1.29, 1.82) is 0 Å². The molecule has 0 fully saturated rings. The van der Waals surface area contributed by atoms with Gasteiger partial charge in [-0.1, -0.05) is 0 Å². The minimum absolute atomic E-state index is 0.0447. The van der Waals surface area contributed by atoms with Gasteiger partial charge in [-0.05, 0) is 26.0 Å². The van der Waals surface area contributed by atoms with Gasteiger partial charge in [0.15, 0.2) is 5.65 Å². The first-order chi connectivity index (χ1) is 10.4. The molecule has 3 heterocycles. The largest absolute Gasteiger partial charge is 0.453 e. The average Bonchev–Trinajstić information content (AvgIpc) is 2.89. The highest BCUT2D eigenvalue weighted by atomic mass is 19.4. The zero-order valence-corrected chi connectivity index (χ0v) is 11.6. The lowest BCUT2D eigenvalue weighted by molar-refractivity contribution is -0.146. The monoisotopic (exact) mass is 309 g/mol. The van der Waals surface area contributed by atoms with Crippen molar-refractivity contribution in [2.45, 2.75) is 20.0 Å². The van der Waals surface area contributed by atoms with Gasteiger partial charge in [0.05, 0.1) is 6.20 Å². The van der Waals surface area contributed by atoms with E-state index in [4.69, 9.17) is 4.74 Å². The van der Waals surface area contributed by atoms with Crippen molar-refractivity contribution >= 4 is 5.65 Å². The molecule has 0 spiro atoms. The molecular formula is C13H10F3N5O. The van der Waals surface area contributed by atoms with E-state index in [1.54, 1.807) is 32.2 Å². The lowest BCUT2D eigenvalue weighted by Crippen LogP contribution is -2.13. The first kappa shape index (κ1) is 14.2. The molecule has 0 saturated heterocycles. The number of aryl methyl sites for hydroxylation is 1. The standard InChI is InChI=1S/C13H10F3N5O/c1-7-8(2)11(22-9-4-3-5-17-6-9)20-21-10(7)18-19-12(21)13(14,15)16/h3-6H,1-2H3. The van der Waals surface area contributed by atoms with Gasteiger partial charge in [0.1, 0.15) is 5.75 Å². The number of aromatic nitrogens is 5. The molecule has 3 aromatic rings. The van der Waals surface area contributed by atoms with E-state index in [9.17, 15) is 13.2 Å². The number of halogens is 3. The first-order valence-corrected chi connectivity index (χ1v) is 6.25. The lowest BCUT2D eigenvalue weighted by atomic mass is 10.2. The van der Waals surface area contributed by atoms with Gasteiger partial charge in [-0.3, -0.25) is 4.98 Å². The van der Waals surface area contributed by atoms with Crippen molar-refractivity contribution < 1.29 is 17.9 Å². The highest BCUT2D eigenvalue weighted by molar-refractivity contribution is 5.52. The summed E-state index contributed by atoms with van der Waals surface area (Å²) in [6, 6.07) is 3.28. The number of alkyl halides is 3. The van der Waals surface area contributed by atoms with Gasteiger partial charge in [0, 0.05) is 17.3 Å². The van der Waals surface area contributed by atoms with Crippen molar-refractivity contribution in [1.82, 2.24) is 24.8 Å². The first-order valence-electron chi connectivity index (χ1n) is 6.25. The van der Waals surface area contributed by atoms with Crippen LogP contribution in [0.25, 0.3) is 5.65 Å².